The SMILES string of the molecule is COc1cc(F)c(O[C@H]2C[C@@H]3C[C@@H]3C2)cc1C(=O)N[C@@H]1[C@H]2CC[C@H](C2)[C@@H]1C(=O)NCC1(C)CCC1. The molecule has 5 fully saturated rings. The fourth-order valence-electron chi connectivity index (χ4n) is 7.39. The van der Waals surface area contributed by atoms with Gasteiger partial charge in [-0.25, -0.2) is 4.39 Å². The summed E-state index contributed by atoms with van der Waals surface area (Å²) in [6.45, 7) is 2.93. The lowest BCUT2D eigenvalue weighted by molar-refractivity contribution is -0.128. The van der Waals surface area contributed by atoms with Crippen molar-refractivity contribution in [2.75, 3.05) is 13.7 Å². The molecule has 0 radical (unpaired) electrons. The Labute approximate surface area is 206 Å². The molecule has 0 aliphatic heterocycles. The van der Waals surface area contributed by atoms with E-state index in [0.29, 0.717) is 18.4 Å². The van der Waals surface area contributed by atoms with E-state index >= 15 is 0 Å². The summed E-state index contributed by atoms with van der Waals surface area (Å²) in [6.07, 6.45) is 9.75. The van der Waals surface area contributed by atoms with Crippen LogP contribution in [-0.4, -0.2) is 37.6 Å². The highest BCUT2D eigenvalue weighted by atomic mass is 19.1. The minimum Gasteiger partial charge on any atom is -0.496 e. The van der Waals surface area contributed by atoms with Crippen LogP contribution in [0.5, 0.6) is 11.5 Å². The summed E-state index contributed by atoms with van der Waals surface area (Å²) in [5.74, 6) is 1.34. The second-order valence-corrected chi connectivity index (χ2v) is 12.2. The van der Waals surface area contributed by atoms with Crippen LogP contribution in [0.4, 0.5) is 4.39 Å². The third-order valence-corrected chi connectivity index (χ3v) is 9.76. The molecule has 6 rings (SSSR count). The molecule has 7 heteroatoms. The van der Waals surface area contributed by atoms with Crippen molar-refractivity contribution in [2.24, 2.45) is 35.0 Å². The normalized spacial score (nSPS) is 35.7. The Morgan fingerprint density at radius 2 is 1.74 bits per heavy atom. The van der Waals surface area contributed by atoms with Gasteiger partial charge in [0.05, 0.1) is 24.7 Å². The molecule has 1 aromatic carbocycles. The number of carbonyl (C=O) groups excluding carboxylic acids is 2. The highest BCUT2D eigenvalue weighted by Crippen LogP contribution is 2.53. The number of rotatable bonds is 8. The van der Waals surface area contributed by atoms with Crippen LogP contribution in [0, 0.1) is 40.8 Å². The second kappa shape index (κ2) is 8.67. The molecule has 5 aliphatic rings. The van der Waals surface area contributed by atoms with Gasteiger partial charge in [0.1, 0.15) is 5.75 Å². The van der Waals surface area contributed by atoms with Gasteiger partial charge < -0.3 is 20.1 Å². The van der Waals surface area contributed by atoms with Crippen LogP contribution in [-0.2, 0) is 4.79 Å². The summed E-state index contributed by atoms with van der Waals surface area (Å²) in [6, 6.07) is 2.51. The van der Waals surface area contributed by atoms with Gasteiger partial charge in [-0.2, -0.15) is 0 Å². The molecule has 7 atom stereocenters. The van der Waals surface area contributed by atoms with Crippen molar-refractivity contribution >= 4 is 11.8 Å². The van der Waals surface area contributed by atoms with Crippen LogP contribution in [0.1, 0.15) is 75.1 Å². The Kier molecular flexibility index (Phi) is 5.72. The number of hydrogen-bond acceptors (Lipinski definition) is 4. The van der Waals surface area contributed by atoms with Crippen LogP contribution in [0.2, 0.25) is 0 Å². The van der Waals surface area contributed by atoms with Gasteiger partial charge in [-0.05, 0) is 86.5 Å². The van der Waals surface area contributed by atoms with Gasteiger partial charge in [0.15, 0.2) is 11.6 Å². The molecule has 35 heavy (non-hydrogen) atoms. The second-order valence-electron chi connectivity index (χ2n) is 12.2. The Bertz CT molecular complexity index is 1010. The van der Waals surface area contributed by atoms with Gasteiger partial charge in [0.2, 0.25) is 5.91 Å². The van der Waals surface area contributed by atoms with Crippen molar-refractivity contribution in [3.05, 3.63) is 23.5 Å². The molecule has 2 amide bonds. The van der Waals surface area contributed by atoms with Crippen molar-refractivity contribution in [1.82, 2.24) is 10.6 Å². The maximum atomic E-state index is 14.8. The van der Waals surface area contributed by atoms with Crippen LogP contribution in [0.3, 0.4) is 0 Å². The zero-order valence-electron chi connectivity index (χ0n) is 20.8. The molecule has 0 heterocycles. The van der Waals surface area contributed by atoms with E-state index < -0.39 is 5.82 Å². The Balaban J connectivity index is 1.17. The van der Waals surface area contributed by atoms with Crippen molar-refractivity contribution in [2.45, 2.75) is 76.9 Å². The Hall–Kier alpha value is -2.31. The minimum absolute atomic E-state index is 0.00808. The lowest BCUT2D eigenvalue weighted by Crippen LogP contribution is -2.51. The van der Waals surface area contributed by atoms with Gasteiger partial charge in [-0.15, -0.1) is 0 Å². The zero-order chi connectivity index (χ0) is 24.3. The molecule has 6 nitrogen and oxygen atoms in total. The molecule has 0 aromatic heterocycles. The molecule has 1 aromatic rings. The number of methoxy groups -OCH3 is 1. The number of carbonyl (C=O) groups is 2. The molecular weight excluding hydrogens is 447 g/mol. The number of fused-ring (bicyclic) bond motifs is 3. The number of benzene rings is 1. The summed E-state index contributed by atoms with van der Waals surface area (Å²) >= 11 is 0. The lowest BCUT2D eigenvalue weighted by atomic mass is 9.70. The highest BCUT2D eigenvalue weighted by molar-refractivity contribution is 5.98. The van der Waals surface area contributed by atoms with E-state index in [2.05, 4.69) is 17.6 Å². The van der Waals surface area contributed by atoms with E-state index in [1.807, 2.05) is 0 Å². The van der Waals surface area contributed by atoms with E-state index in [9.17, 15) is 14.0 Å². The first-order chi connectivity index (χ1) is 16.8. The van der Waals surface area contributed by atoms with Gasteiger partial charge >= 0.3 is 0 Å². The van der Waals surface area contributed by atoms with Crippen molar-refractivity contribution in [1.29, 1.82) is 0 Å². The summed E-state index contributed by atoms with van der Waals surface area (Å²) < 4.78 is 26.1. The van der Waals surface area contributed by atoms with Crippen LogP contribution >= 0.6 is 0 Å². The molecule has 0 saturated heterocycles. The zero-order valence-corrected chi connectivity index (χ0v) is 20.8. The first-order valence-corrected chi connectivity index (χ1v) is 13.5. The number of nitrogens with one attached hydrogen (secondary N) is 2. The molecule has 0 unspecified atom stereocenters. The van der Waals surface area contributed by atoms with E-state index in [4.69, 9.17) is 9.47 Å². The quantitative estimate of drug-likeness (QED) is 0.571. The molecule has 190 valence electrons. The van der Waals surface area contributed by atoms with E-state index in [0.717, 1.165) is 56.8 Å². The van der Waals surface area contributed by atoms with E-state index in [1.165, 1.54) is 32.1 Å². The smallest absolute Gasteiger partial charge is 0.255 e. The van der Waals surface area contributed by atoms with Crippen LogP contribution in [0.15, 0.2) is 12.1 Å². The third kappa shape index (κ3) is 4.29. The van der Waals surface area contributed by atoms with Crippen molar-refractivity contribution < 1.29 is 23.5 Å². The lowest BCUT2D eigenvalue weighted by Gasteiger charge is -2.39. The fourth-order valence-corrected chi connectivity index (χ4v) is 7.39. The molecule has 2 N–H and O–H groups in total. The van der Waals surface area contributed by atoms with E-state index in [-0.39, 0.29) is 52.4 Å². The maximum absolute atomic E-state index is 14.8. The number of amides is 2. The average molecular weight is 485 g/mol. The average Bonchev–Trinajstić information content (AvgIpc) is 3.17. The molecule has 5 saturated carbocycles. The van der Waals surface area contributed by atoms with Gasteiger partial charge in [-0.1, -0.05) is 13.3 Å². The highest BCUT2D eigenvalue weighted by Gasteiger charge is 2.52. The third-order valence-electron chi connectivity index (χ3n) is 9.76. The Morgan fingerprint density at radius 3 is 2.43 bits per heavy atom. The van der Waals surface area contributed by atoms with Gasteiger partial charge in [0.25, 0.3) is 5.91 Å². The first kappa shape index (κ1) is 23.1. The molecule has 2 bridgehead atoms. The molecule has 5 aliphatic carbocycles. The largest absolute Gasteiger partial charge is 0.496 e. The van der Waals surface area contributed by atoms with Gasteiger partial charge in [0, 0.05) is 18.7 Å². The number of hydrogen-bond donors (Lipinski definition) is 2. The summed E-state index contributed by atoms with van der Waals surface area (Å²) in [7, 11) is 1.44. The van der Waals surface area contributed by atoms with Crippen molar-refractivity contribution in [3.63, 3.8) is 0 Å². The predicted molar refractivity (Wildman–Crippen MR) is 129 cm³/mol. The van der Waals surface area contributed by atoms with Crippen molar-refractivity contribution in [3.8, 4) is 11.5 Å². The monoisotopic (exact) mass is 484 g/mol. The predicted octanol–water partition coefficient (Wildman–Crippen LogP) is 4.46. The molecule has 0 spiro atoms. The topological polar surface area (TPSA) is 76.7 Å². The summed E-state index contributed by atoms with van der Waals surface area (Å²) in [5, 5.41) is 6.35. The fraction of sp³-hybridized carbons (Fsp3) is 0.714. The number of halogens is 1. The first-order valence-electron chi connectivity index (χ1n) is 13.5. The van der Waals surface area contributed by atoms with Crippen LogP contribution < -0.4 is 20.1 Å². The number of ether oxygens (including phenoxy) is 2. The molecular formula is C28H37FN2O4. The standard InChI is InChI=1S/C28H37FN2O4/c1-28(6-3-7-28)14-30-27(33)24-15-4-5-16(8-15)25(24)31-26(32)20-12-23(21(29)13-22(20)34-2)35-19-10-17-9-18(17)11-19/h12-13,15-19,24-25H,3-11,14H2,1-2H3,(H,30,33)(H,31,32)/t15-,16+,17-,18+,19-,24+,25-/m1/s1. The van der Waals surface area contributed by atoms with Crippen LogP contribution in [0.25, 0.3) is 0 Å². The summed E-state index contributed by atoms with van der Waals surface area (Å²) in [4.78, 5) is 26.7. The Morgan fingerprint density at radius 1 is 1.03 bits per heavy atom. The van der Waals surface area contributed by atoms with Gasteiger partial charge in [-0.3, -0.25) is 9.59 Å². The minimum atomic E-state index is -0.513. The van der Waals surface area contributed by atoms with E-state index in [1.54, 1.807) is 0 Å². The summed E-state index contributed by atoms with van der Waals surface area (Å²) in [5.41, 5.74) is 0.472. The maximum Gasteiger partial charge on any atom is 0.255 e.